The minimum atomic E-state index is -3.29. The van der Waals surface area contributed by atoms with Crippen LogP contribution >= 0.6 is 11.3 Å². The van der Waals surface area contributed by atoms with Crippen molar-refractivity contribution in [3.8, 4) is 0 Å². The molecule has 1 aromatic rings. The number of nitrogens with zero attached hydrogens (tertiary/aromatic N) is 1. The predicted octanol–water partition coefficient (Wildman–Crippen LogP) is 0.369. The molecule has 5 N–H and O–H groups in total. The van der Waals surface area contributed by atoms with E-state index in [9.17, 15) is 9.32 Å². The Bertz CT molecular complexity index is 473. The zero-order valence-corrected chi connectivity index (χ0v) is 11.0. The molecule has 0 radical (unpaired) electrons. The zero-order valence-electron chi connectivity index (χ0n) is 9.40. The van der Waals surface area contributed by atoms with Gasteiger partial charge in [0.1, 0.15) is 24.7 Å². The smallest absolute Gasteiger partial charge is 0.143 e. The van der Waals surface area contributed by atoms with Gasteiger partial charge in [-0.3, -0.25) is 0 Å². The Labute approximate surface area is 99.0 Å². The largest absolute Gasteiger partial charge is 0.383 e. The number of hydrogen-bond donors (Lipinski definition) is 4. The first-order valence-electron chi connectivity index (χ1n) is 4.60. The molecule has 92 valence electrons. The van der Waals surface area contributed by atoms with E-state index in [1.54, 1.807) is 20.9 Å². The van der Waals surface area contributed by atoms with Crippen LogP contribution in [-0.2, 0) is 22.1 Å². The van der Waals surface area contributed by atoms with Crippen LogP contribution in [0.15, 0.2) is 4.21 Å². The molecular formula is C8H16N4O2S2. The summed E-state index contributed by atoms with van der Waals surface area (Å²) in [4.78, 5) is 4.16. The summed E-state index contributed by atoms with van der Waals surface area (Å²) in [7, 11) is -1.57. The van der Waals surface area contributed by atoms with Gasteiger partial charge >= 0.3 is 0 Å². The summed E-state index contributed by atoms with van der Waals surface area (Å²) in [6.07, 6.45) is 0. The number of hydrogen-bond acceptors (Lipinski definition) is 6. The van der Waals surface area contributed by atoms with E-state index in [1.165, 1.54) is 0 Å². The van der Waals surface area contributed by atoms with Gasteiger partial charge in [-0.15, -0.1) is 11.3 Å². The molecule has 1 rings (SSSR count). The fraction of sp³-hybridized carbons (Fsp3) is 0.625. The van der Waals surface area contributed by atoms with Gasteiger partial charge in [-0.05, 0) is 20.9 Å². The van der Waals surface area contributed by atoms with Crippen LogP contribution in [0, 0.1) is 4.78 Å². The van der Waals surface area contributed by atoms with Gasteiger partial charge in [0.25, 0.3) is 0 Å². The predicted molar refractivity (Wildman–Crippen MR) is 63.4 cm³/mol. The molecule has 1 unspecified atom stereocenters. The van der Waals surface area contributed by atoms with E-state index in [0.717, 1.165) is 11.3 Å². The van der Waals surface area contributed by atoms with Crippen LogP contribution in [0.3, 0.4) is 0 Å². The van der Waals surface area contributed by atoms with Crippen molar-refractivity contribution in [1.82, 2.24) is 10.3 Å². The summed E-state index contributed by atoms with van der Waals surface area (Å²) >= 11 is 1.02. The van der Waals surface area contributed by atoms with Crippen molar-refractivity contribution in [2.24, 2.45) is 5.14 Å². The Morgan fingerprint density at radius 3 is 2.62 bits per heavy atom. The van der Waals surface area contributed by atoms with Gasteiger partial charge in [0, 0.05) is 6.54 Å². The molecule has 0 bridgehead atoms. The summed E-state index contributed by atoms with van der Waals surface area (Å²) < 4.78 is 19.1. The molecule has 1 heterocycles. The van der Waals surface area contributed by atoms with Crippen molar-refractivity contribution < 1.29 is 9.32 Å². The Morgan fingerprint density at radius 2 is 2.25 bits per heavy atom. The average molecular weight is 264 g/mol. The van der Waals surface area contributed by atoms with Crippen LogP contribution in [0.5, 0.6) is 0 Å². The van der Waals surface area contributed by atoms with Gasteiger partial charge in [0.05, 0.1) is 5.69 Å². The van der Waals surface area contributed by atoms with Gasteiger partial charge in [-0.1, -0.05) is 0 Å². The monoisotopic (exact) mass is 264 g/mol. The molecule has 0 aliphatic carbocycles. The summed E-state index contributed by atoms with van der Waals surface area (Å²) in [5.41, 5.74) is -0.650. The zero-order chi connectivity index (χ0) is 12.6. The number of aliphatic hydroxyl groups is 1. The summed E-state index contributed by atoms with van der Waals surface area (Å²) in [5, 5.41) is 18.4. The van der Waals surface area contributed by atoms with Crippen LogP contribution in [0.2, 0.25) is 0 Å². The Hall–Kier alpha value is -0.540. The van der Waals surface area contributed by atoms with Gasteiger partial charge in [0.2, 0.25) is 0 Å². The molecule has 0 aromatic carbocycles. The summed E-state index contributed by atoms with van der Waals surface area (Å²) in [5.74, 6) is 0. The Kier molecular flexibility index (Phi) is 3.70. The lowest BCUT2D eigenvalue weighted by atomic mass is 10.2. The van der Waals surface area contributed by atoms with E-state index in [2.05, 4.69) is 10.3 Å². The molecule has 0 fully saturated rings. The second-order valence-corrected chi connectivity index (χ2v) is 6.81. The topological polar surface area (TPSA) is 112 Å². The SMILES string of the molecule is CNCc1nc(C(C)(C)O)sc1S(=N)(N)=O. The van der Waals surface area contributed by atoms with E-state index in [4.69, 9.17) is 9.92 Å². The lowest BCUT2D eigenvalue weighted by molar-refractivity contribution is 0.0781. The van der Waals surface area contributed by atoms with E-state index in [-0.39, 0.29) is 4.21 Å². The second kappa shape index (κ2) is 4.38. The lowest BCUT2D eigenvalue weighted by Gasteiger charge is -2.12. The van der Waals surface area contributed by atoms with Gasteiger partial charge in [-0.2, -0.15) is 0 Å². The Balaban J connectivity index is 3.32. The fourth-order valence-corrected chi connectivity index (χ4v) is 3.13. The number of aromatic nitrogens is 1. The first-order chi connectivity index (χ1) is 7.16. The molecular weight excluding hydrogens is 248 g/mol. The lowest BCUT2D eigenvalue weighted by Crippen LogP contribution is -2.16. The maximum absolute atomic E-state index is 11.5. The Morgan fingerprint density at radius 1 is 1.69 bits per heavy atom. The average Bonchev–Trinajstić information content (AvgIpc) is 2.46. The van der Waals surface area contributed by atoms with Gasteiger partial charge in [0.15, 0.2) is 0 Å². The highest BCUT2D eigenvalue weighted by Crippen LogP contribution is 2.30. The van der Waals surface area contributed by atoms with E-state index < -0.39 is 15.5 Å². The molecule has 0 saturated heterocycles. The third-order valence-electron chi connectivity index (χ3n) is 1.80. The van der Waals surface area contributed by atoms with Crippen molar-refractivity contribution >= 4 is 21.3 Å². The van der Waals surface area contributed by atoms with Crippen LogP contribution in [0.1, 0.15) is 24.5 Å². The quantitative estimate of drug-likeness (QED) is 0.629. The first-order valence-corrected chi connectivity index (χ1v) is 7.03. The minimum absolute atomic E-state index is 0.221. The van der Waals surface area contributed by atoms with Crippen LogP contribution in [0.4, 0.5) is 0 Å². The number of nitrogens with one attached hydrogen (secondary N) is 2. The van der Waals surface area contributed by atoms with Crippen LogP contribution in [-0.4, -0.2) is 21.3 Å². The summed E-state index contributed by atoms with van der Waals surface area (Å²) in [6.45, 7) is 3.54. The van der Waals surface area contributed by atoms with Crippen LogP contribution < -0.4 is 10.5 Å². The molecule has 0 aliphatic rings. The van der Waals surface area contributed by atoms with Crippen molar-refractivity contribution in [1.29, 1.82) is 4.78 Å². The second-order valence-electron chi connectivity index (χ2n) is 3.94. The maximum atomic E-state index is 11.5. The van der Waals surface area contributed by atoms with Crippen molar-refractivity contribution in [3.63, 3.8) is 0 Å². The third-order valence-corrected chi connectivity index (χ3v) is 4.79. The molecule has 0 spiro atoms. The van der Waals surface area contributed by atoms with Crippen molar-refractivity contribution in [2.75, 3.05) is 7.05 Å². The molecule has 1 atom stereocenters. The maximum Gasteiger partial charge on any atom is 0.143 e. The van der Waals surface area contributed by atoms with Gasteiger partial charge in [-0.25, -0.2) is 19.1 Å². The van der Waals surface area contributed by atoms with Gasteiger partial charge < -0.3 is 10.4 Å². The number of rotatable bonds is 4. The molecule has 0 amide bonds. The standard InChI is InChI=1S/C8H16N4O2S2/c1-8(2,13)7-12-5(4-11-3)6(15-7)16(9,10)14/h11,13H,4H2,1-3H3,(H3,9,10,14). The van der Waals surface area contributed by atoms with Crippen molar-refractivity contribution in [2.45, 2.75) is 30.2 Å². The minimum Gasteiger partial charge on any atom is -0.383 e. The highest BCUT2D eigenvalue weighted by molar-refractivity contribution is 7.92. The molecule has 0 saturated carbocycles. The molecule has 0 aliphatic heterocycles. The summed E-state index contributed by atoms with van der Waals surface area (Å²) in [6, 6.07) is 0. The normalized spacial score (nSPS) is 16.1. The van der Waals surface area contributed by atoms with E-state index in [1.807, 2.05) is 0 Å². The molecule has 16 heavy (non-hydrogen) atoms. The highest BCUT2D eigenvalue weighted by Gasteiger charge is 2.25. The fourth-order valence-electron chi connectivity index (χ4n) is 1.12. The van der Waals surface area contributed by atoms with Crippen molar-refractivity contribution in [3.05, 3.63) is 10.7 Å². The van der Waals surface area contributed by atoms with E-state index >= 15 is 0 Å². The number of thiazole rings is 1. The van der Waals surface area contributed by atoms with Crippen LogP contribution in [0.25, 0.3) is 0 Å². The third kappa shape index (κ3) is 2.98. The first kappa shape index (κ1) is 13.5. The highest BCUT2D eigenvalue weighted by atomic mass is 32.2. The molecule has 6 nitrogen and oxygen atoms in total. The van der Waals surface area contributed by atoms with E-state index in [0.29, 0.717) is 17.2 Å². The molecule has 1 aromatic heterocycles. The molecule has 8 heteroatoms. The number of nitrogens with two attached hydrogens (primary N) is 1.